The Morgan fingerprint density at radius 2 is 1.86 bits per heavy atom. The first-order chi connectivity index (χ1) is 6.66. The predicted octanol–water partition coefficient (Wildman–Crippen LogP) is 5.20. The van der Waals surface area contributed by atoms with E-state index in [4.69, 9.17) is 0 Å². The minimum Gasteiger partial charge on any atom is -0.0841 e. The molecule has 1 aromatic rings. The van der Waals surface area contributed by atoms with Gasteiger partial charge in [-0.2, -0.15) is 0 Å². The first-order valence-corrected chi connectivity index (χ1v) is 6.05. The van der Waals surface area contributed by atoms with Gasteiger partial charge >= 0.3 is 0 Å². The van der Waals surface area contributed by atoms with Gasteiger partial charge < -0.3 is 0 Å². The molecule has 0 bridgehead atoms. The van der Waals surface area contributed by atoms with E-state index in [2.05, 4.69) is 63.6 Å². The van der Waals surface area contributed by atoms with Gasteiger partial charge in [0.25, 0.3) is 0 Å². The van der Waals surface area contributed by atoms with Gasteiger partial charge in [-0.1, -0.05) is 75.7 Å². The molecule has 0 amide bonds. The maximum atomic E-state index is 3.90. The van der Waals surface area contributed by atoms with Crippen molar-refractivity contribution in [3.8, 4) is 0 Å². The molecule has 2 heteroatoms. The van der Waals surface area contributed by atoms with Gasteiger partial charge in [-0.05, 0) is 17.5 Å². The van der Waals surface area contributed by atoms with Crippen LogP contribution in [0.25, 0.3) is 8.96 Å². The fourth-order valence-corrected chi connectivity index (χ4v) is 2.23. The molecule has 0 aliphatic rings. The van der Waals surface area contributed by atoms with Crippen molar-refractivity contribution in [3.05, 3.63) is 48.0 Å². The van der Waals surface area contributed by atoms with Gasteiger partial charge in [-0.3, -0.25) is 0 Å². The Balaban J connectivity index is 3.20. The van der Waals surface area contributed by atoms with E-state index in [0.29, 0.717) is 0 Å². The maximum Gasteiger partial charge on any atom is 0.0214 e. The van der Waals surface area contributed by atoms with Crippen molar-refractivity contribution in [1.29, 1.82) is 0 Å². The van der Waals surface area contributed by atoms with Crippen LogP contribution in [0.3, 0.4) is 0 Å². The van der Waals surface area contributed by atoms with Gasteiger partial charge in [0, 0.05) is 8.96 Å². The summed E-state index contributed by atoms with van der Waals surface area (Å²) < 4.78 is 2.03. The van der Waals surface area contributed by atoms with Crippen LogP contribution in [0.1, 0.15) is 24.5 Å². The van der Waals surface area contributed by atoms with Crippen molar-refractivity contribution < 1.29 is 0 Å². The molecule has 0 radical (unpaired) electrons. The fraction of sp³-hybridized carbons (Fsp3) is 0.167. The lowest BCUT2D eigenvalue weighted by molar-refractivity contribution is 1.23. The number of hydrogen-bond acceptors (Lipinski definition) is 0. The molecule has 0 fully saturated rings. The third-order valence-electron chi connectivity index (χ3n) is 1.86. The SMILES string of the molecule is C=C(Br)c1ccccc1C(Br)=CCC. The molecule has 0 unspecified atom stereocenters. The van der Waals surface area contributed by atoms with E-state index in [-0.39, 0.29) is 0 Å². The van der Waals surface area contributed by atoms with E-state index in [1.54, 1.807) is 0 Å². The van der Waals surface area contributed by atoms with E-state index in [1.807, 2.05) is 12.1 Å². The van der Waals surface area contributed by atoms with Gasteiger partial charge in [0.1, 0.15) is 0 Å². The average Bonchev–Trinajstić information content (AvgIpc) is 2.18. The highest BCUT2D eigenvalue weighted by Gasteiger charge is 2.05. The van der Waals surface area contributed by atoms with Crippen molar-refractivity contribution in [2.75, 3.05) is 0 Å². The zero-order valence-corrected chi connectivity index (χ0v) is 11.2. The predicted molar refractivity (Wildman–Crippen MR) is 71.6 cm³/mol. The molecule has 0 N–H and O–H groups in total. The minimum absolute atomic E-state index is 0.912. The Labute approximate surface area is 102 Å². The average molecular weight is 316 g/mol. The Morgan fingerprint density at radius 1 is 1.29 bits per heavy atom. The topological polar surface area (TPSA) is 0 Å². The fourth-order valence-electron chi connectivity index (χ4n) is 1.22. The largest absolute Gasteiger partial charge is 0.0841 e. The number of hydrogen-bond donors (Lipinski definition) is 0. The minimum atomic E-state index is 0.912. The van der Waals surface area contributed by atoms with Crippen LogP contribution >= 0.6 is 31.9 Å². The number of allylic oxidation sites excluding steroid dienone is 1. The first kappa shape index (κ1) is 11.7. The van der Waals surface area contributed by atoms with Crippen molar-refractivity contribution in [2.24, 2.45) is 0 Å². The molecule has 0 nitrogen and oxygen atoms in total. The second kappa shape index (κ2) is 5.52. The van der Waals surface area contributed by atoms with Crippen molar-refractivity contribution in [3.63, 3.8) is 0 Å². The molecule has 0 aromatic heterocycles. The normalized spacial score (nSPS) is 11.5. The Kier molecular flexibility index (Phi) is 4.63. The standard InChI is InChI=1S/C12H12Br2/c1-3-6-12(14)11-8-5-4-7-10(11)9(2)13/h4-8H,2-3H2,1H3. The molecule has 0 atom stereocenters. The quantitative estimate of drug-likeness (QED) is 0.719. The third-order valence-corrected chi connectivity index (χ3v) is 3.04. The highest BCUT2D eigenvalue weighted by atomic mass is 79.9. The van der Waals surface area contributed by atoms with Crippen LogP contribution in [0.4, 0.5) is 0 Å². The molecular formula is C12H12Br2. The maximum absolute atomic E-state index is 3.90. The summed E-state index contributed by atoms with van der Waals surface area (Å²) in [4.78, 5) is 0. The highest BCUT2D eigenvalue weighted by molar-refractivity contribution is 9.15. The molecule has 0 aliphatic heterocycles. The zero-order valence-electron chi connectivity index (χ0n) is 8.06. The molecule has 0 spiro atoms. The summed E-state index contributed by atoms with van der Waals surface area (Å²) in [6.45, 7) is 6.02. The molecule has 0 saturated heterocycles. The Morgan fingerprint density at radius 3 is 2.36 bits per heavy atom. The Hall–Kier alpha value is -0.340. The smallest absolute Gasteiger partial charge is 0.0214 e. The van der Waals surface area contributed by atoms with Crippen molar-refractivity contribution >= 4 is 40.8 Å². The summed E-state index contributed by atoms with van der Waals surface area (Å²) in [5, 5.41) is 0. The van der Waals surface area contributed by atoms with E-state index in [1.165, 1.54) is 5.56 Å². The van der Waals surface area contributed by atoms with Crippen LogP contribution in [-0.4, -0.2) is 0 Å². The second-order valence-electron chi connectivity index (χ2n) is 2.91. The molecule has 0 aliphatic carbocycles. The number of halogens is 2. The second-order valence-corrected chi connectivity index (χ2v) is 4.72. The molecular weight excluding hydrogens is 304 g/mol. The van der Waals surface area contributed by atoms with Crippen LogP contribution in [0.15, 0.2) is 36.9 Å². The van der Waals surface area contributed by atoms with E-state index < -0.39 is 0 Å². The van der Waals surface area contributed by atoms with Gasteiger partial charge in [0.15, 0.2) is 0 Å². The highest BCUT2D eigenvalue weighted by Crippen LogP contribution is 2.31. The van der Waals surface area contributed by atoms with Crippen LogP contribution in [0, 0.1) is 0 Å². The van der Waals surface area contributed by atoms with Crippen LogP contribution in [-0.2, 0) is 0 Å². The molecule has 0 saturated carbocycles. The van der Waals surface area contributed by atoms with E-state index in [0.717, 1.165) is 20.9 Å². The van der Waals surface area contributed by atoms with Crippen LogP contribution < -0.4 is 0 Å². The van der Waals surface area contributed by atoms with Gasteiger partial charge in [0.05, 0.1) is 0 Å². The first-order valence-electron chi connectivity index (χ1n) is 4.46. The van der Waals surface area contributed by atoms with Crippen molar-refractivity contribution in [2.45, 2.75) is 13.3 Å². The third kappa shape index (κ3) is 2.82. The van der Waals surface area contributed by atoms with Gasteiger partial charge in [-0.15, -0.1) is 0 Å². The van der Waals surface area contributed by atoms with E-state index >= 15 is 0 Å². The lowest BCUT2D eigenvalue weighted by Gasteiger charge is -2.06. The molecule has 74 valence electrons. The Bertz CT molecular complexity index is 364. The lowest BCUT2D eigenvalue weighted by atomic mass is 10.1. The van der Waals surface area contributed by atoms with Crippen LogP contribution in [0.5, 0.6) is 0 Å². The summed E-state index contributed by atoms with van der Waals surface area (Å²) >= 11 is 6.97. The summed E-state index contributed by atoms with van der Waals surface area (Å²) in [6, 6.07) is 8.17. The summed E-state index contributed by atoms with van der Waals surface area (Å²) in [6.07, 6.45) is 3.17. The van der Waals surface area contributed by atoms with Crippen molar-refractivity contribution in [1.82, 2.24) is 0 Å². The molecule has 14 heavy (non-hydrogen) atoms. The van der Waals surface area contributed by atoms with E-state index in [9.17, 15) is 0 Å². The number of rotatable bonds is 3. The van der Waals surface area contributed by atoms with Crippen LogP contribution in [0.2, 0.25) is 0 Å². The summed E-state index contributed by atoms with van der Waals surface area (Å²) in [5.74, 6) is 0. The molecule has 0 heterocycles. The molecule has 1 aromatic carbocycles. The monoisotopic (exact) mass is 314 g/mol. The number of benzene rings is 1. The lowest BCUT2D eigenvalue weighted by Crippen LogP contribution is -1.84. The molecule has 1 rings (SSSR count). The summed E-state index contributed by atoms with van der Waals surface area (Å²) in [5.41, 5.74) is 2.31. The van der Waals surface area contributed by atoms with Gasteiger partial charge in [0.2, 0.25) is 0 Å². The zero-order chi connectivity index (χ0) is 10.6. The summed E-state index contributed by atoms with van der Waals surface area (Å²) in [7, 11) is 0. The van der Waals surface area contributed by atoms with Gasteiger partial charge in [-0.25, -0.2) is 0 Å².